The molecule has 1 aliphatic heterocycles. The Kier molecular flexibility index (Phi) is 5.77. The van der Waals surface area contributed by atoms with Gasteiger partial charge in [0.25, 0.3) is 0 Å². The lowest BCUT2D eigenvalue weighted by Crippen LogP contribution is -2.53. The third-order valence-electron chi connectivity index (χ3n) is 3.37. The lowest BCUT2D eigenvalue weighted by atomic mass is 10.1. The van der Waals surface area contributed by atoms with Gasteiger partial charge in [-0.2, -0.15) is 0 Å². The van der Waals surface area contributed by atoms with E-state index in [0.29, 0.717) is 18.4 Å². The number of carbonyl (C=O) groups is 1. The van der Waals surface area contributed by atoms with Crippen molar-refractivity contribution in [1.82, 2.24) is 15.1 Å². The molecule has 0 saturated carbocycles. The average Bonchev–Trinajstić information content (AvgIpc) is 2.30. The van der Waals surface area contributed by atoms with E-state index in [4.69, 9.17) is 0 Å². The van der Waals surface area contributed by atoms with Crippen molar-refractivity contribution in [3.05, 3.63) is 0 Å². The Bertz CT molecular complexity index is 220. The van der Waals surface area contributed by atoms with Gasteiger partial charge in [0, 0.05) is 38.6 Å². The van der Waals surface area contributed by atoms with E-state index in [0.717, 1.165) is 39.1 Å². The van der Waals surface area contributed by atoms with Crippen LogP contribution in [0.25, 0.3) is 0 Å². The van der Waals surface area contributed by atoms with Gasteiger partial charge in [0.2, 0.25) is 5.91 Å². The molecule has 4 nitrogen and oxygen atoms in total. The van der Waals surface area contributed by atoms with Crippen molar-refractivity contribution in [1.29, 1.82) is 0 Å². The fraction of sp³-hybridized carbons (Fsp3) is 0.917. The maximum Gasteiger partial charge on any atom is 0.223 e. The number of rotatable bonds is 5. The lowest BCUT2D eigenvalue weighted by Gasteiger charge is -2.39. The number of likely N-dealkylation sites (N-methyl/N-ethyl adjacent to an activating group) is 1. The van der Waals surface area contributed by atoms with Crippen LogP contribution < -0.4 is 5.32 Å². The topological polar surface area (TPSA) is 35.6 Å². The van der Waals surface area contributed by atoms with Crippen LogP contribution in [0.15, 0.2) is 0 Å². The monoisotopic (exact) mass is 227 g/mol. The largest absolute Gasteiger partial charge is 0.340 e. The molecule has 0 aliphatic carbocycles. The van der Waals surface area contributed by atoms with E-state index in [1.54, 1.807) is 0 Å². The molecular formula is C12H25N3O. The Morgan fingerprint density at radius 1 is 1.38 bits per heavy atom. The van der Waals surface area contributed by atoms with Crippen LogP contribution in [0.1, 0.15) is 26.7 Å². The van der Waals surface area contributed by atoms with E-state index in [-0.39, 0.29) is 0 Å². The minimum atomic E-state index is 0.299. The van der Waals surface area contributed by atoms with Crippen molar-refractivity contribution < 1.29 is 4.79 Å². The number of carbonyl (C=O) groups excluding carboxylic acids is 1. The molecule has 1 unspecified atom stereocenters. The van der Waals surface area contributed by atoms with Crippen LogP contribution in [0.2, 0.25) is 0 Å². The summed E-state index contributed by atoms with van der Waals surface area (Å²) in [5.74, 6) is 0.299. The number of nitrogens with zero attached hydrogens (tertiary/aromatic N) is 2. The second-order valence-electron chi connectivity index (χ2n) is 4.49. The summed E-state index contributed by atoms with van der Waals surface area (Å²) in [4.78, 5) is 16.3. The van der Waals surface area contributed by atoms with Crippen LogP contribution in [0.5, 0.6) is 0 Å². The highest BCUT2D eigenvalue weighted by atomic mass is 16.2. The Morgan fingerprint density at radius 2 is 2.12 bits per heavy atom. The number of hydrogen-bond donors (Lipinski definition) is 1. The van der Waals surface area contributed by atoms with Gasteiger partial charge < -0.3 is 10.2 Å². The van der Waals surface area contributed by atoms with Gasteiger partial charge in [0.05, 0.1) is 0 Å². The Morgan fingerprint density at radius 3 is 2.75 bits per heavy atom. The molecule has 1 aliphatic rings. The van der Waals surface area contributed by atoms with Crippen molar-refractivity contribution in [3.8, 4) is 0 Å². The van der Waals surface area contributed by atoms with Crippen molar-refractivity contribution in [2.75, 3.05) is 39.8 Å². The zero-order chi connectivity index (χ0) is 12.0. The third-order valence-corrected chi connectivity index (χ3v) is 3.37. The maximum absolute atomic E-state index is 11.9. The van der Waals surface area contributed by atoms with E-state index in [9.17, 15) is 4.79 Å². The number of amides is 1. The molecule has 0 spiro atoms. The normalized spacial score (nSPS) is 22.4. The molecule has 94 valence electrons. The summed E-state index contributed by atoms with van der Waals surface area (Å²) in [7, 11) is 2.15. The first kappa shape index (κ1) is 13.5. The minimum Gasteiger partial charge on any atom is -0.340 e. The molecule has 16 heavy (non-hydrogen) atoms. The SMILES string of the molecule is CCNCCC(=O)N1CCN(C)C(CC)C1. The van der Waals surface area contributed by atoms with Gasteiger partial charge in [-0.3, -0.25) is 9.69 Å². The first-order valence-electron chi connectivity index (χ1n) is 6.37. The van der Waals surface area contributed by atoms with Gasteiger partial charge in [-0.1, -0.05) is 13.8 Å². The van der Waals surface area contributed by atoms with Gasteiger partial charge in [0.1, 0.15) is 0 Å². The van der Waals surface area contributed by atoms with Crippen molar-refractivity contribution in [3.63, 3.8) is 0 Å². The number of piperazine rings is 1. The molecule has 1 heterocycles. The Labute approximate surface area is 99.0 Å². The van der Waals surface area contributed by atoms with Gasteiger partial charge in [-0.05, 0) is 20.0 Å². The molecular weight excluding hydrogens is 202 g/mol. The summed E-state index contributed by atoms with van der Waals surface area (Å²) in [6.45, 7) is 8.79. The van der Waals surface area contributed by atoms with Crippen molar-refractivity contribution in [2.45, 2.75) is 32.7 Å². The highest BCUT2D eigenvalue weighted by molar-refractivity contribution is 5.76. The van der Waals surface area contributed by atoms with Gasteiger partial charge in [-0.25, -0.2) is 0 Å². The van der Waals surface area contributed by atoms with Crippen LogP contribution in [0.3, 0.4) is 0 Å². The fourth-order valence-electron chi connectivity index (χ4n) is 2.14. The third kappa shape index (κ3) is 3.76. The van der Waals surface area contributed by atoms with Crippen molar-refractivity contribution >= 4 is 5.91 Å². The van der Waals surface area contributed by atoms with Crippen LogP contribution in [-0.2, 0) is 4.79 Å². The summed E-state index contributed by atoms with van der Waals surface area (Å²) < 4.78 is 0. The van der Waals surface area contributed by atoms with E-state index in [2.05, 4.69) is 31.1 Å². The number of nitrogens with one attached hydrogen (secondary N) is 1. The van der Waals surface area contributed by atoms with E-state index >= 15 is 0 Å². The van der Waals surface area contributed by atoms with Gasteiger partial charge in [-0.15, -0.1) is 0 Å². The zero-order valence-electron chi connectivity index (χ0n) is 10.8. The molecule has 0 radical (unpaired) electrons. The number of hydrogen-bond acceptors (Lipinski definition) is 3. The quantitative estimate of drug-likeness (QED) is 0.696. The summed E-state index contributed by atoms with van der Waals surface area (Å²) in [6, 6.07) is 0.539. The highest BCUT2D eigenvalue weighted by Crippen LogP contribution is 2.11. The predicted molar refractivity (Wildman–Crippen MR) is 66.4 cm³/mol. The molecule has 0 aromatic rings. The minimum absolute atomic E-state index is 0.299. The standard InChI is InChI=1S/C12H25N3O/c1-4-11-10-15(9-8-14(11)3)12(16)6-7-13-5-2/h11,13H,4-10H2,1-3H3. The van der Waals surface area contributed by atoms with Crippen LogP contribution >= 0.6 is 0 Å². The van der Waals surface area contributed by atoms with Crippen LogP contribution in [0.4, 0.5) is 0 Å². The first-order chi connectivity index (χ1) is 7.69. The molecule has 1 saturated heterocycles. The molecule has 0 bridgehead atoms. The van der Waals surface area contributed by atoms with Gasteiger partial charge in [0.15, 0.2) is 0 Å². The molecule has 1 N–H and O–H groups in total. The Balaban J connectivity index is 2.33. The maximum atomic E-state index is 11.9. The van der Waals surface area contributed by atoms with E-state index < -0.39 is 0 Å². The Hall–Kier alpha value is -0.610. The lowest BCUT2D eigenvalue weighted by molar-refractivity contribution is -0.133. The van der Waals surface area contributed by atoms with Crippen LogP contribution in [0, 0.1) is 0 Å². The fourth-order valence-corrected chi connectivity index (χ4v) is 2.14. The second kappa shape index (κ2) is 6.86. The zero-order valence-corrected chi connectivity index (χ0v) is 10.8. The summed E-state index contributed by atoms with van der Waals surface area (Å²) in [6.07, 6.45) is 1.75. The summed E-state index contributed by atoms with van der Waals surface area (Å²) in [5, 5.41) is 3.19. The molecule has 1 fully saturated rings. The van der Waals surface area contributed by atoms with Crippen LogP contribution in [-0.4, -0.2) is 61.5 Å². The van der Waals surface area contributed by atoms with Crippen molar-refractivity contribution in [2.24, 2.45) is 0 Å². The van der Waals surface area contributed by atoms with E-state index in [1.165, 1.54) is 0 Å². The summed E-state index contributed by atoms with van der Waals surface area (Å²) in [5.41, 5.74) is 0. The molecule has 0 aromatic heterocycles. The predicted octanol–water partition coefficient (Wildman–Crippen LogP) is 0.539. The highest BCUT2D eigenvalue weighted by Gasteiger charge is 2.25. The second-order valence-corrected chi connectivity index (χ2v) is 4.49. The molecule has 1 atom stereocenters. The molecule has 1 rings (SSSR count). The van der Waals surface area contributed by atoms with E-state index in [1.807, 2.05) is 4.90 Å². The molecule has 4 heteroatoms. The smallest absolute Gasteiger partial charge is 0.223 e. The average molecular weight is 227 g/mol. The first-order valence-corrected chi connectivity index (χ1v) is 6.37. The molecule has 0 aromatic carbocycles. The van der Waals surface area contributed by atoms with Gasteiger partial charge >= 0.3 is 0 Å². The summed E-state index contributed by atoms with van der Waals surface area (Å²) >= 11 is 0. The molecule has 1 amide bonds.